The van der Waals surface area contributed by atoms with Gasteiger partial charge >= 0.3 is 0 Å². The molecule has 0 bridgehead atoms. The van der Waals surface area contributed by atoms with Crippen LogP contribution in [0.3, 0.4) is 0 Å². The second-order valence-corrected chi connectivity index (χ2v) is 9.01. The van der Waals surface area contributed by atoms with E-state index in [1.807, 2.05) is 6.07 Å². The topological polar surface area (TPSA) is 102 Å². The summed E-state index contributed by atoms with van der Waals surface area (Å²) in [6.07, 6.45) is 0. The lowest BCUT2D eigenvalue weighted by Gasteiger charge is -2.10. The number of carbonyl (C=O) groups is 1. The zero-order chi connectivity index (χ0) is 22.0. The van der Waals surface area contributed by atoms with Crippen molar-refractivity contribution in [2.24, 2.45) is 5.14 Å². The first-order chi connectivity index (χ1) is 14.8. The Morgan fingerprint density at radius 3 is 2.26 bits per heavy atom. The first kappa shape index (κ1) is 20.9. The lowest BCUT2D eigenvalue weighted by molar-refractivity contribution is 0.102. The van der Waals surface area contributed by atoms with Gasteiger partial charge in [0.1, 0.15) is 10.8 Å². The number of benzene rings is 3. The predicted molar refractivity (Wildman–Crippen MR) is 119 cm³/mol. The van der Waals surface area contributed by atoms with E-state index in [0.717, 1.165) is 0 Å². The number of primary sulfonamides is 1. The molecule has 156 valence electrons. The number of carbonyl (C=O) groups excluding carboxylic acids is 1. The van der Waals surface area contributed by atoms with Crippen molar-refractivity contribution in [1.29, 1.82) is 0 Å². The smallest absolute Gasteiger partial charge is 0.255 e. The summed E-state index contributed by atoms with van der Waals surface area (Å²) >= 11 is 1.31. The highest BCUT2D eigenvalue weighted by Gasteiger charge is 2.15. The summed E-state index contributed by atoms with van der Waals surface area (Å²) in [5.41, 5.74) is 2.48. The van der Waals surface area contributed by atoms with Crippen LogP contribution < -0.4 is 10.5 Å². The van der Waals surface area contributed by atoms with Crippen LogP contribution in [0.1, 0.15) is 10.4 Å². The molecule has 0 unspecified atom stereocenters. The van der Waals surface area contributed by atoms with Crippen LogP contribution in [0.5, 0.6) is 0 Å². The maximum atomic E-state index is 14.1. The van der Waals surface area contributed by atoms with Crippen molar-refractivity contribution in [2.75, 3.05) is 5.32 Å². The van der Waals surface area contributed by atoms with Gasteiger partial charge in [0.15, 0.2) is 0 Å². The lowest BCUT2D eigenvalue weighted by atomic mass is 10.1. The van der Waals surface area contributed by atoms with E-state index in [2.05, 4.69) is 10.3 Å². The number of nitrogens with zero attached hydrogens (tertiary/aromatic N) is 1. The van der Waals surface area contributed by atoms with Crippen LogP contribution in [0, 0.1) is 5.82 Å². The quantitative estimate of drug-likeness (QED) is 0.464. The Hall–Kier alpha value is -3.40. The number of rotatable bonds is 5. The Morgan fingerprint density at radius 1 is 0.935 bits per heavy atom. The first-order valence-corrected chi connectivity index (χ1v) is 11.5. The number of sulfonamides is 1. The van der Waals surface area contributed by atoms with E-state index in [9.17, 15) is 17.6 Å². The molecule has 31 heavy (non-hydrogen) atoms. The van der Waals surface area contributed by atoms with Crippen LogP contribution >= 0.6 is 11.3 Å². The zero-order valence-electron chi connectivity index (χ0n) is 15.9. The minimum Gasteiger partial charge on any atom is -0.321 e. The van der Waals surface area contributed by atoms with Gasteiger partial charge in [-0.1, -0.05) is 30.3 Å². The zero-order valence-corrected chi connectivity index (χ0v) is 17.6. The molecule has 0 aliphatic rings. The number of halogens is 1. The van der Waals surface area contributed by atoms with Crippen molar-refractivity contribution < 1.29 is 17.6 Å². The molecular formula is C22H16FN3O3S2. The summed E-state index contributed by atoms with van der Waals surface area (Å²) in [5, 5.41) is 10.2. The van der Waals surface area contributed by atoms with E-state index in [4.69, 9.17) is 5.14 Å². The molecule has 0 atom stereocenters. The third-order valence-electron chi connectivity index (χ3n) is 4.50. The lowest BCUT2D eigenvalue weighted by Crippen LogP contribution is -2.14. The Morgan fingerprint density at radius 2 is 1.58 bits per heavy atom. The molecule has 0 fully saturated rings. The summed E-state index contributed by atoms with van der Waals surface area (Å²) in [6, 6.07) is 18.8. The van der Waals surface area contributed by atoms with Crippen LogP contribution in [-0.2, 0) is 10.0 Å². The van der Waals surface area contributed by atoms with Gasteiger partial charge < -0.3 is 5.32 Å². The van der Waals surface area contributed by atoms with E-state index in [1.165, 1.54) is 41.7 Å². The standard InChI is InChI=1S/C22H16FN3O3S2/c23-18-7-3-1-5-16(18)22-26-20(13-30-22)17-6-2-4-8-19(17)25-21(27)14-9-11-15(12-10-14)31(24,28)29/h1-13H,(H,25,27)(H2,24,28,29). The second-order valence-electron chi connectivity index (χ2n) is 6.59. The fourth-order valence-corrected chi connectivity index (χ4v) is 4.32. The largest absolute Gasteiger partial charge is 0.321 e. The summed E-state index contributed by atoms with van der Waals surface area (Å²) in [5.74, 6) is -0.772. The monoisotopic (exact) mass is 453 g/mol. The van der Waals surface area contributed by atoms with Crippen LogP contribution in [-0.4, -0.2) is 19.3 Å². The van der Waals surface area contributed by atoms with Gasteiger partial charge in [0, 0.05) is 22.1 Å². The van der Waals surface area contributed by atoms with Crippen molar-refractivity contribution in [3.8, 4) is 21.8 Å². The van der Waals surface area contributed by atoms with E-state index in [1.54, 1.807) is 41.8 Å². The SMILES string of the molecule is NS(=O)(=O)c1ccc(C(=O)Nc2ccccc2-c2csc(-c3ccccc3F)n2)cc1. The average molecular weight is 454 g/mol. The highest BCUT2D eigenvalue weighted by atomic mass is 32.2. The molecule has 3 aromatic carbocycles. The molecule has 0 aliphatic heterocycles. The number of aromatic nitrogens is 1. The van der Waals surface area contributed by atoms with E-state index < -0.39 is 15.9 Å². The number of amides is 1. The minimum atomic E-state index is -3.84. The Bertz CT molecular complexity index is 1370. The van der Waals surface area contributed by atoms with Crippen LogP contribution in [0.4, 0.5) is 10.1 Å². The van der Waals surface area contributed by atoms with Gasteiger partial charge in [0.2, 0.25) is 10.0 Å². The highest BCUT2D eigenvalue weighted by Crippen LogP contribution is 2.33. The summed E-state index contributed by atoms with van der Waals surface area (Å²) in [4.78, 5) is 17.1. The highest BCUT2D eigenvalue weighted by molar-refractivity contribution is 7.89. The van der Waals surface area contributed by atoms with Crippen LogP contribution in [0.2, 0.25) is 0 Å². The molecule has 0 spiro atoms. The van der Waals surface area contributed by atoms with Gasteiger partial charge in [0.05, 0.1) is 16.3 Å². The van der Waals surface area contributed by atoms with Crippen LogP contribution in [0.15, 0.2) is 83.1 Å². The van der Waals surface area contributed by atoms with Crippen molar-refractivity contribution in [3.05, 3.63) is 89.6 Å². The first-order valence-electron chi connectivity index (χ1n) is 9.07. The molecule has 4 rings (SSSR count). The van der Waals surface area contributed by atoms with Gasteiger partial charge in [-0.3, -0.25) is 4.79 Å². The van der Waals surface area contributed by atoms with Gasteiger partial charge in [0.25, 0.3) is 5.91 Å². The Kier molecular flexibility index (Phi) is 5.64. The van der Waals surface area contributed by atoms with E-state index in [0.29, 0.717) is 27.5 Å². The number of anilines is 1. The third kappa shape index (κ3) is 4.53. The number of para-hydroxylation sites is 1. The third-order valence-corrected chi connectivity index (χ3v) is 6.31. The van der Waals surface area contributed by atoms with Crippen molar-refractivity contribution in [3.63, 3.8) is 0 Å². The van der Waals surface area contributed by atoms with E-state index in [-0.39, 0.29) is 16.3 Å². The molecule has 6 nitrogen and oxygen atoms in total. The maximum Gasteiger partial charge on any atom is 0.255 e. The predicted octanol–water partition coefficient (Wildman–Crippen LogP) is 4.52. The van der Waals surface area contributed by atoms with E-state index >= 15 is 0 Å². The molecular weight excluding hydrogens is 437 g/mol. The molecule has 0 saturated heterocycles. The molecule has 0 radical (unpaired) electrons. The average Bonchev–Trinajstić information content (AvgIpc) is 3.24. The Balaban J connectivity index is 1.61. The molecule has 0 saturated carbocycles. The van der Waals surface area contributed by atoms with Crippen molar-refractivity contribution in [2.45, 2.75) is 4.90 Å². The fraction of sp³-hybridized carbons (Fsp3) is 0. The summed E-state index contributed by atoms with van der Waals surface area (Å²) in [6.45, 7) is 0. The van der Waals surface area contributed by atoms with Gasteiger partial charge in [-0.25, -0.2) is 22.9 Å². The number of hydrogen-bond acceptors (Lipinski definition) is 5. The molecule has 3 N–H and O–H groups in total. The maximum absolute atomic E-state index is 14.1. The van der Waals surface area contributed by atoms with Crippen molar-refractivity contribution >= 4 is 33.0 Å². The molecule has 1 heterocycles. The van der Waals surface area contributed by atoms with Crippen molar-refractivity contribution in [1.82, 2.24) is 4.98 Å². The number of thiazole rings is 1. The van der Waals surface area contributed by atoms with Gasteiger partial charge in [-0.2, -0.15) is 0 Å². The second kappa shape index (κ2) is 8.38. The summed E-state index contributed by atoms with van der Waals surface area (Å²) in [7, 11) is -3.84. The number of nitrogens with one attached hydrogen (secondary N) is 1. The fourth-order valence-electron chi connectivity index (χ4n) is 2.96. The van der Waals surface area contributed by atoms with Crippen LogP contribution in [0.25, 0.3) is 21.8 Å². The molecule has 9 heteroatoms. The molecule has 1 aromatic heterocycles. The molecule has 0 aliphatic carbocycles. The number of hydrogen-bond donors (Lipinski definition) is 2. The molecule has 4 aromatic rings. The Labute approximate surface area is 182 Å². The van der Waals surface area contributed by atoms with Gasteiger partial charge in [-0.05, 0) is 42.5 Å². The molecule has 1 amide bonds. The minimum absolute atomic E-state index is 0.0763. The normalized spacial score (nSPS) is 11.3. The van der Waals surface area contributed by atoms with Gasteiger partial charge in [-0.15, -0.1) is 11.3 Å². The number of nitrogens with two attached hydrogens (primary N) is 1. The summed E-state index contributed by atoms with van der Waals surface area (Å²) < 4.78 is 36.9.